The highest BCUT2D eigenvalue weighted by Crippen LogP contribution is 2.45. The summed E-state index contributed by atoms with van der Waals surface area (Å²) in [6.07, 6.45) is -0.0372. The number of nitrogens with zero attached hydrogens (tertiary/aromatic N) is 3. The Bertz CT molecular complexity index is 1100. The van der Waals surface area contributed by atoms with Crippen LogP contribution in [0.3, 0.4) is 0 Å². The van der Waals surface area contributed by atoms with Crippen LogP contribution in [0.25, 0.3) is 0 Å². The van der Waals surface area contributed by atoms with Crippen LogP contribution in [0.1, 0.15) is 49.9 Å². The standard InChI is InChI=1S/C27H36N4O4S/c1-17(2)35-26(33)24-20(5)29-27-31(25(24)22-14-18(3)6-7-19(22)4)21(16-36-27)15-23(32)28-8-9-30-10-12-34-13-11-30/h6-7,14,16-17,25H,8-13,15H2,1-5H3,(H,28,32)/t25-/m0/s1. The molecule has 3 heterocycles. The van der Waals surface area contributed by atoms with E-state index in [1.807, 2.05) is 44.9 Å². The molecule has 4 rings (SSSR count). The monoisotopic (exact) mass is 512 g/mol. The number of amides is 1. The maximum atomic E-state index is 13.3. The lowest BCUT2D eigenvalue weighted by atomic mass is 9.90. The van der Waals surface area contributed by atoms with E-state index in [1.165, 1.54) is 11.8 Å². The first-order valence-electron chi connectivity index (χ1n) is 12.5. The highest BCUT2D eigenvalue weighted by molar-refractivity contribution is 8.16. The van der Waals surface area contributed by atoms with Crippen LogP contribution in [0.2, 0.25) is 0 Å². The Kier molecular flexibility index (Phi) is 8.54. The van der Waals surface area contributed by atoms with Gasteiger partial charge in [-0.2, -0.15) is 0 Å². The van der Waals surface area contributed by atoms with Gasteiger partial charge < -0.3 is 19.7 Å². The smallest absolute Gasteiger partial charge is 0.338 e. The van der Waals surface area contributed by atoms with Crippen molar-refractivity contribution >= 4 is 28.8 Å². The quantitative estimate of drug-likeness (QED) is 0.532. The van der Waals surface area contributed by atoms with Crippen LogP contribution in [0.15, 0.2) is 45.6 Å². The van der Waals surface area contributed by atoms with Gasteiger partial charge in [0.1, 0.15) is 0 Å². The van der Waals surface area contributed by atoms with Gasteiger partial charge >= 0.3 is 5.97 Å². The Labute approximate surface area is 217 Å². The highest BCUT2D eigenvalue weighted by Gasteiger charge is 2.41. The number of esters is 1. The van der Waals surface area contributed by atoms with E-state index in [0.29, 0.717) is 17.8 Å². The van der Waals surface area contributed by atoms with Crippen LogP contribution in [0.5, 0.6) is 0 Å². The summed E-state index contributed by atoms with van der Waals surface area (Å²) in [7, 11) is 0. The van der Waals surface area contributed by atoms with Crippen LogP contribution in [-0.4, -0.2) is 72.3 Å². The van der Waals surface area contributed by atoms with Gasteiger partial charge in [0.05, 0.1) is 43.1 Å². The normalized spacial score (nSPS) is 20.3. The van der Waals surface area contributed by atoms with Crippen LogP contribution in [0, 0.1) is 13.8 Å². The van der Waals surface area contributed by atoms with E-state index in [0.717, 1.165) is 60.4 Å². The fourth-order valence-electron chi connectivity index (χ4n) is 4.66. The summed E-state index contributed by atoms with van der Waals surface area (Å²) in [4.78, 5) is 35.3. The maximum absolute atomic E-state index is 13.3. The van der Waals surface area contributed by atoms with Crippen molar-refractivity contribution in [2.75, 3.05) is 39.4 Å². The lowest BCUT2D eigenvalue weighted by molar-refractivity contribution is -0.143. The number of amidine groups is 1. The van der Waals surface area contributed by atoms with Gasteiger partial charge in [-0.05, 0) is 51.2 Å². The van der Waals surface area contributed by atoms with E-state index < -0.39 is 6.04 Å². The van der Waals surface area contributed by atoms with Gasteiger partial charge in [-0.1, -0.05) is 35.5 Å². The van der Waals surface area contributed by atoms with Crippen molar-refractivity contribution in [1.29, 1.82) is 0 Å². The Morgan fingerprint density at radius 3 is 2.69 bits per heavy atom. The number of morpholine rings is 1. The van der Waals surface area contributed by atoms with Crippen molar-refractivity contribution in [3.8, 4) is 0 Å². The summed E-state index contributed by atoms with van der Waals surface area (Å²) in [5.41, 5.74) is 5.18. The lowest BCUT2D eigenvalue weighted by Gasteiger charge is -2.37. The summed E-state index contributed by atoms with van der Waals surface area (Å²) in [5, 5.41) is 5.80. The molecule has 0 aliphatic carbocycles. The Morgan fingerprint density at radius 2 is 1.97 bits per heavy atom. The second-order valence-corrected chi connectivity index (χ2v) is 10.5. The predicted octanol–water partition coefficient (Wildman–Crippen LogP) is 3.67. The van der Waals surface area contributed by atoms with Crippen molar-refractivity contribution < 1.29 is 19.1 Å². The van der Waals surface area contributed by atoms with Gasteiger partial charge in [-0.3, -0.25) is 9.69 Å². The first-order valence-corrected chi connectivity index (χ1v) is 13.4. The average molecular weight is 513 g/mol. The van der Waals surface area contributed by atoms with Gasteiger partial charge in [0.2, 0.25) is 5.91 Å². The molecule has 1 saturated heterocycles. The van der Waals surface area contributed by atoms with E-state index >= 15 is 0 Å². The molecular weight excluding hydrogens is 476 g/mol. The third-order valence-corrected chi connectivity index (χ3v) is 7.38. The Balaban J connectivity index is 1.57. The SMILES string of the molecule is CC1=C(C(=O)OC(C)C)[C@H](c2cc(C)ccc2C)N2C(CC(=O)NCCN3CCOCC3)=CSC2=N1. The minimum absolute atomic E-state index is 0.0475. The Morgan fingerprint density at radius 1 is 1.22 bits per heavy atom. The third kappa shape index (κ3) is 6.02. The molecule has 3 aliphatic heterocycles. The number of nitrogens with one attached hydrogen (secondary N) is 1. The molecule has 9 heteroatoms. The molecule has 0 spiro atoms. The molecule has 0 radical (unpaired) electrons. The number of allylic oxidation sites excluding steroid dienone is 1. The van der Waals surface area contributed by atoms with Crippen LogP contribution in [0.4, 0.5) is 0 Å². The number of benzene rings is 1. The maximum Gasteiger partial charge on any atom is 0.338 e. The second kappa shape index (κ2) is 11.6. The molecule has 0 unspecified atom stereocenters. The number of hydrogen-bond acceptors (Lipinski definition) is 8. The zero-order valence-corrected chi connectivity index (χ0v) is 22.6. The summed E-state index contributed by atoms with van der Waals surface area (Å²) < 4.78 is 11.0. The molecule has 1 aromatic carbocycles. The zero-order valence-electron chi connectivity index (χ0n) is 21.8. The molecule has 36 heavy (non-hydrogen) atoms. The number of fused-ring (bicyclic) bond motifs is 1. The molecule has 194 valence electrons. The number of ether oxygens (including phenoxy) is 2. The highest BCUT2D eigenvalue weighted by atomic mass is 32.2. The van der Waals surface area contributed by atoms with Crippen molar-refractivity contribution in [2.24, 2.45) is 4.99 Å². The molecule has 1 atom stereocenters. The first kappa shape index (κ1) is 26.4. The van der Waals surface area contributed by atoms with Crippen molar-refractivity contribution in [3.05, 3.63) is 57.3 Å². The molecule has 1 amide bonds. The zero-order chi connectivity index (χ0) is 25.8. The van der Waals surface area contributed by atoms with Gasteiger partial charge in [0.15, 0.2) is 5.17 Å². The molecule has 1 aromatic rings. The fraction of sp³-hybridized carbons (Fsp3) is 0.519. The van der Waals surface area contributed by atoms with E-state index in [1.54, 1.807) is 0 Å². The molecule has 0 aromatic heterocycles. The van der Waals surface area contributed by atoms with Crippen LogP contribution < -0.4 is 5.32 Å². The number of hydrogen-bond donors (Lipinski definition) is 1. The van der Waals surface area contributed by atoms with E-state index in [4.69, 9.17) is 14.5 Å². The fourth-order valence-corrected chi connectivity index (χ4v) is 5.63. The molecule has 0 saturated carbocycles. The number of aliphatic imine (C=N–C) groups is 1. The van der Waals surface area contributed by atoms with Crippen LogP contribution >= 0.6 is 11.8 Å². The summed E-state index contributed by atoms with van der Waals surface area (Å²) in [6, 6.07) is 5.84. The summed E-state index contributed by atoms with van der Waals surface area (Å²) in [5.74, 6) is -0.420. The van der Waals surface area contributed by atoms with E-state index in [2.05, 4.69) is 28.4 Å². The van der Waals surface area contributed by atoms with Gasteiger partial charge in [0.25, 0.3) is 0 Å². The molecule has 1 fully saturated rings. The first-order chi connectivity index (χ1) is 17.2. The predicted molar refractivity (Wildman–Crippen MR) is 142 cm³/mol. The van der Waals surface area contributed by atoms with Crippen molar-refractivity contribution in [3.63, 3.8) is 0 Å². The summed E-state index contributed by atoms with van der Waals surface area (Å²) >= 11 is 1.49. The minimum atomic E-state index is -0.411. The largest absolute Gasteiger partial charge is 0.459 e. The summed E-state index contributed by atoms with van der Waals surface area (Å²) in [6.45, 7) is 14.3. The van der Waals surface area contributed by atoms with E-state index in [9.17, 15) is 9.59 Å². The topological polar surface area (TPSA) is 83.5 Å². The van der Waals surface area contributed by atoms with Crippen molar-refractivity contribution in [2.45, 2.75) is 53.2 Å². The minimum Gasteiger partial charge on any atom is -0.459 e. The second-order valence-electron chi connectivity index (χ2n) is 9.69. The number of carbonyl (C=O) groups excluding carboxylic acids is 2. The molecule has 1 N–H and O–H groups in total. The number of thioether (sulfide) groups is 1. The number of carbonyl (C=O) groups is 2. The van der Waals surface area contributed by atoms with Gasteiger partial charge in [-0.25, -0.2) is 9.79 Å². The lowest BCUT2D eigenvalue weighted by Crippen LogP contribution is -2.42. The molecule has 0 bridgehead atoms. The van der Waals surface area contributed by atoms with Gasteiger partial charge in [0, 0.05) is 31.9 Å². The number of rotatable bonds is 8. The molecular formula is C27H36N4O4S. The van der Waals surface area contributed by atoms with Crippen molar-refractivity contribution in [1.82, 2.24) is 15.1 Å². The van der Waals surface area contributed by atoms with Crippen LogP contribution in [-0.2, 0) is 19.1 Å². The molecule has 8 nitrogen and oxygen atoms in total. The average Bonchev–Trinajstić information content (AvgIpc) is 3.21. The Hall–Kier alpha value is -2.62. The number of aryl methyl sites for hydroxylation is 2. The molecule has 3 aliphatic rings. The van der Waals surface area contributed by atoms with E-state index in [-0.39, 0.29) is 24.4 Å². The van der Waals surface area contributed by atoms with Gasteiger partial charge in [-0.15, -0.1) is 0 Å². The third-order valence-electron chi connectivity index (χ3n) is 6.49.